The number of carbonyl (C=O) groups is 2. The summed E-state index contributed by atoms with van der Waals surface area (Å²) in [5.74, 6) is -0.930. The summed E-state index contributed by atoms with van der Waals surface area (Å²) in [4.78, 5) is 32.3. The van der Waals surface area contributed by atoms with E-state index in [1.165, 1.54) is 25.3 Å². The molecule has 2 aromatic heterocycles. The number of nitrogens with zero attached hydrogens (tertiary/aromatic N) is 3. The first kappa shape index (κ1) is 22.3. The van der Waals surface area contributed by atoms with Crippen LogP contribution in [0.25, 0.3) is 21.3 Å². The van der Waals surface area contributed by atoms with Crippen LogP contribution in [-0.2, 0) is 16.6 Å². The van der Waals surface area contributed by atoms with Gasteiger partial charge < -0.3 is 24.7 Å². The van der Waals surface area contributed by atoms with Crippen molar-refractivity contribution in [1.82, 2.24) is 19.9 Å². The number of thiazole rings is 1. The predicted molar refractivity (Wildman–Crippen MR) is 115 cm³/mol. The minimum Gasteiger partial charge on any atom is -0.468 e. The highest BCUT2D eigenvalue weighted by molar-refractivity contribution is 7.22. The molecule has 0 bridgehead atoms. The van der Waals surface area contributed by atoms with E-state index in [0.717, 1.165) is 16.9 Å². The molecule has 0 atom stereocenters. The van der Waals surface area contributed by atoms with E-state index in [1.54, 1.807) is 29.8 Å². The summed E-state index contributed by atoms with van der Waals surface area (Å²) in [5.41, 5.74) is 2.06. The van der Waals surface area contributed by atoms with Crippen molar-refractivity contribution in [2.75, 3.05) is 19.0 Å². The van der Waals surface area contributed by atoms with Crippen LogP contribution in [0.3, 0.4) is 0 Å². The fraction of sp³-hybridized carbons (Fsp3) is 0.200. The van der Waals surface area contributed by atoms with Crippen molar-refractivity contribution in [3.8, 4) is 5.75 Å². The van der Waals surface area contributed by atoms with Crippen LogP contribution in [0.1, 0.15) is 10.4 Å². The fourth-order valence-electron chi connectivity index (χ4n) is 3.03. The van der Waals surface area contributed by atoms with E-state index < -0.39 is 18.2 Å². The number of anilines is 2. The van der Waals surface area contributed by atoms with Gasteiger partial charge in [-0.3, -0.25) is 9.59 Å². The Hall–Kier alpha value is -3.87. The van der Waals surface area contributed by atoms with Crippen LogP contribution in [0.5, 0.6) is 5.75 Å². The monoisotopic (exact) mass is 479 g/mol. The van der Waals surface area contributed by atoms with Crippen molar-refractivity contribution in [1.29, 1.82) is 0 Å². The summed E-state index contributed by atoms with van der Waals surface area (Å²) < 4.78 is 48.0. The van der Waals surface area contributed by atoms with Gasteiger partial charge in [0.1, 0.15) is 12.3 Å². The lowest BCUT2D eigenvalue weighted by Gasteiger charge is -2.07. The minimum atomic E-state index is -4.78. The number of alkyl halides is 3. The highest BCUT2D eigenvalue weighted by Crippen LogP contribution is 2.33. The van der Waals surface area contributed by atoms with E-state index in [9.17, 15) is 22.8 Å². The number of aromatic nitrogens is 3. The van der Waals surface area contributed by atoms with Gasteiger partial charge in [0.15, 0.2) is 5.13 Å². The molecule has 0 radical (unpaired) electrons. The highest BCUT2D eigenvalue weighted by Gasteiger charge is 2.31. The second-order valence-electron chi connectivity index (χ2n) is 6.78. The SMILES string of the molecule is COC(=O)CNC(=O)c1ccc2c(c1)nc(Nc1nc3ccc(OC(F)(F)F)cc3s1)n2C. The van der Waals surface area contributed by atoms with Crippen LogP contribution in [0.2, 0.25) is 0 Å². The van der Waals surface area contributed by atoms with Gasteiger partial charge in [0, 0.05) is 18.7 Å². The summed E-state index contributed by atoms with van der Waals surface area (Å²) in [6, 6.07) is 8.78. The zero-order chi connectivity index (χ0) is 23.8. The zero-order valence-corrected chi connectivity index (χ0v) is 18.0. The second kappa shape index (κ2) is 8.58. The van der Waals surface area contributed by atoms with E-state index in [2.05, 4.69) is 30.1 Å². The topological polar surface area (TPSA) is 107 Å². The average Bonchev–Trinajstić information content (AvgIpc) is 3.30. The van der Waals surface area contributed by atoms with Gasteiger partial charge in [-0.05, 0) is 30.3 Å². The molecule has 0 unspecified atom stereocenters. The molecule has 2 heterocycles. The van der Waals surface area contributed by atoms with Gasteiger partial charge in [-0.25, -0.2) is 9.97 Å². The molecular formula is C20H16F3N5O4S. The molecule has 4 rings (SSSR count). The van der Waals surface area contributed by atoms with Crippen LogP contribution in [-0.4, -0.2) is 46.4 Å². The van der Waals surface area contributed by atoms with Crippen LogP contribution in [0, 0.1) is 0 Å². The summed E-state index contributed by atoms with van der Waals surface area (Å²) in [7, 11) is 2.99. The zero-order valence-electron chi connectivity index (χ0n) is 17.2. The number of hydrogen-bond acceptors (Lipinski definition) is 8. The van der Waals surface area contributed by atoms with E-state index in [1.807, 2.05) is 0 Å². The highest BCUT2D eigenvalue weighted by atomic mass is 32.1. The molecule has 0 aliphatic carbocycles. The maximum atomic E-state index is 12.4. The number of amides is 1. The first-order valence-electron chi connectivity index (χ1n) is 9.38. The van der Waals surface area contributed by atoms with E-state index in [4.69, 9.17) is 0 Å². The normalized spacial score (nSPS) is 11.5. The fourth-order valence-corrected chi connectivity index (χ4v) is 3.92. The number of ether oxygens (including phenoxy) is 2. The molecule has 2 N–H and O–H groups in total. The Labute approximate surface area is 188 Å². The number of carbonyl (C=O) groups excluding carboxylic acids is 2. The molecule has 9 nitrogen and oxygen atoms in total. The van der Waals surface area contributed by atoms with Crippen molar-refractivity contribution >= 4 is 55.5 Å². The smallest absolute Gasteiger partial charge is 0.468 e. The maximum absolute atomic E-state index is 12.4. The number of methoxy groups -OCH3 is 1. The summed E-state index contributed by atoms with van der Waals surface area (Å²) in [6.45, 7) is -0.254. The molecule has 0 aliphatic heterocycles. The largest absolute Gasteiger partial charge is 0.573 e. The number of imidazole rings is 1. The molecule has 0 aliphatic rings. The van der Waals surface area contributed by atoms with Gasteiger partial charge in [-0.1, -0.05) is 11.3 Å². The lowest BCUT2D eigenvalue weighted by molar-refractivity contribution is -0.274. The molecule has 4 aromatic rings. The molecule has 1 amide bonds. The number of benzene rings is 2. The molecule has 172 valence electrons. The average molecular weight is 479 g/mol. The van der Waals surface area contributed by atoms with Crippen LogP contribution in [0.15, 0.2) is 36.4 Å². The molecular weight excluding hydrogens is 463 g/mol. The molecule has 0 spiro atoms. The van der Waals surface area contributed by atoms with Crippen molar-refractivity contribution < 1.29 is 32.2 Å². The number of hydrogen-bond donors (Lipinski definition) is 2. The maximum Gasteiger partial charge on any atom is 0.573 e. The first-order valence-corrected chi connectivity index (χ1v) is 10.2. The summed E-state index contributed by atoms with van der Waals surface area (Å²) >= 11 is 1.14. The minimum absolute atomic E-state index is 0.254. The number of halogens is 3. The van der Waals surface area contributed by atoms with E-state index in [-0.39, 0.29) is 12.3 Å². The van der Waals surface area contributed by atoms with Crippen LogP contribution < -0.4 is 15.4 Å². The summed E-state index contributed by atoms with van der Waals surface area (Å²) in [5, 5.41) is 5.93. The Morgan fingerprint density at radius 1 is 1.12 bits per heavy atom. The molecule has 0 saturated carbocycles. The third kappa shape index (κ3) is 4.98. The summed E-state index contributed by atoms with van der Waals surface area (Å²) in [6.07, 6.45) is -4.78. The number of aryl methyl sites for hydroxylation is 1. The second-order valence-corrected chi connectivity index (χ2v) is 7.81. The number of nitrogens with one attached hydrogen (secondary N) is 2. The molecule has 0 fully saturated rings. The van der Waals surface area contributed by atoms with Crippen LogP contribution >= 0.6 is 11.3 Å². The quantitative estimate of drug-likeness (QED) is 0.406. The molecule has 0 saturated heterocycles. The molecule has 2 aromatic carbocycles. The van der Waals surface area contributed by atoms with Crippen molar-refractivity contribution in [2.45, 2.75) is 6.36 Å². The lowest BCUT2D eigenvalue weighted by atomic mass is 10.2. The lowest BCUT2D eigenvalue weighted by Crippen LogP contribution is -2.30. The van der Waals surface area contributed by atoms with E-state index >= 15 is 0 Å². The number of esters is 1. The number of fused-ring (bicyclic) bond motifs is 2. The van der Waals surface area contributed by atoms with Crippen molar-refractivity contribution in [2.24, 2.45) is 7.05 Å². The van der Waals surface area contributed by atoms with Crippen LogP contribution in [0.4, 0.5) is 24.3 Å². The van der Waals surface area contributed by atoms with E-state index in [0.29, 0.717) is 32.4 Å². The van der Waals surface area contributed by atoms with Gasteiger partial charge in [-0.15, -0.1) is 13.2 Å². The van der Waals surface area contributed by atoms with Crippen molar-refractivity contribution in [3.63, 3.8) is 0 Å². The first-order chi connectivity index (χ1) is 15.6. The third-order valence-corrected chi connectivity index (χ3v) is 5.51. The molecule has 33 heavy (non-hydrogen) atoms. The number of rotatable bonds is 6. The van der Waals surface area contributed by atoms with Gasteiger partial charge in [0.05, 0.1) is 28.4 Å². The Bertz CT molecular complexity index is 1370. The Morgan fingerprint density at radius 2 is 1.91 bits per heavy atom. The van der Waals surface area contributed by atoms with Gasteiger partial charge in [0.2, 0.25) is 5.95 Å². The van der Waals surface area contributed by atoms with Crippen molar-refractivity contribution in [3.05, 3.63) is 42.0 Å². The van der Waals surface area contributed by atoms with Gasteiger partial charge in [0.25, 0.3) is 5.91 Å². The van der Waals surface area contributed by atoms with Gasteiger partial charge in [-0.2, -0.15) is 0 Å². The Balaban J connectivity index is 1.56. The third-order valence-electron chi connectivity index (χ3n) is 4.58. The predicted octanol–water partition coefficient (Wildman–Crippen LogP) is 3.73. The Morgan fingerprint density at radius 3 is 2.64 bits per heavy atom. The molecule has 13 heteroatoms. The standard InChI is InChI=1S/C20H16F3N5O4S/c1-28-14-6-3-10(17(30)24-9-16(29)31-2)7-13(14)25-18(28)27-19-26-12-5-4-11(8-15(12)33-19)32-20(21,22)23/h3-8H,9H2,1-2H3,(H,24,30)(H,25,26,27). The Kier molecular flexibility index (Phi) is 5.80. The van der Waals surface area contributed by atoms with Gasteiger partial charge >= 0.3 is 12.3 Å².